The van der Waals surface area contributed by atoms with Crippen LogP contribution in [0.3, 0.4) is 0 Å². The number of hydrogen-bond donors (Lipinski definition) is 2. The van der Waals surface area contributed by atoms with Crippen LogP contribution in [0.4, 0.5) is 5.69 Å². The van der Waals surface area contributed by atoms with Gasteiger partial charge >= 0.3 is 0 Å². The Morgan fingerprint density at radius 2 is 1.86 bits per heavy atom. The second kappa shape index (κ2) is 12.5. The number of carbonyl (C=O) groups is 3. The monoisotopic (exact) mass is 578 g/mol. The van der Waals surface area contributed by atoms with Gasteiger partial charge in [0.25, 0.3) is 0 Å². The summed E-state index contributed by atoms with van der Waals surface area (Å²) in [7, 11) is 2.05. The van der Waals surface area contributed by atoms with Gasteiger partial charge in [0.2, 0.25) is 17.7 Å². The number of unbranched alkanes of at least 4 members (excludes halogenated alkanes) is 1. The first-order valence-electron chi connectivity index (χ1n) is 16.1. The van der Waals surface area contributed by atoms with Gasteiger partial charge in [-0.2, -0.15) is 0 Å². The summed E-state index contributed by atoms with van der Waals surface area (Å²) in [5.41, 5.74) is 0.750. The average molecular weight is 579 g/mol. The van der Waals surface area contributed by atoms with Crippen LogP contribution >= 0.6 is 0 Å². The number of ether oxygens (including phenoxy) is 1. The fourth-order valence-electron chi connectivity index (χ4n) is 7.55. The zero-order valence-corrected chi connectivity index (χ0v) is 26.3. The standard InChI is InChI=1S/C34H50N4O4/c1-7-8-18-37(6)19-20-38-30(32(40)36-26-11-9-10-22(4)23(26)5)34-17-16-27(42-34)28(29(34)33(38)41)31(39)35-25-14-12-24(13-15-25)21(2)3/h12-17,21-23,26-30H,7-11,18-20H2,1-6H3,(H,35,39)(H,36,40)/t22-,23+,26-,27-,28-,29-,30+,34+/m1/s1. The first-order chi connectivity index (χ1) is 20.1. The number of likely N-dealkylation sites (tertiary alicyclic amines) is 1. The molecule has 0 radical (unpaired) electrons. The largest absolute Gasteiger partial charge is 0.359 e. The third-order valence-electron chi connectivity index (χ3n) is 10.4. The zero-order valence-electron chi connectivity index (χ0n) is 26.3. The van der Waals surface area contributed by atoms with Gasteiger partial charge in [-0.15, -0.1) is 0 Å². The Balaban J connectivity index is 1.40. The highest BCUT2D eigenvalue weighted by Crippen LogP contribution is 2.55. The zero-order chi connectivity index (χ0) is 30.2. The Kier molecular flexibility index (Phi) is 9.14. The van der Waals surface area contributed by atoms with E-state index in [2.05, 4.69) is 57.2 Å². The smallest absolute Gasteiger partial charge is 0.246 e. The predicted octanol–water partition coefficient (Wildman–Crippen LogP) is 4.57. The second-order valence-electron chi connectivity index (χ2n) is 13.5. The molecule has 8 nitrogen and oxygen atoms in total. The molecule has 8 heteroatoms. The molecule has 2 bridgehead atoms. The Bertz CT molecular complexity index is 1180. The lowest BCUT2D eigenvalue weighted by atomic mass is 9.73. The Morgan fingerprint density at radius 3 is 2.55 bits per heavy atom. The molecule has 1 aromatic rings. The van der Waals surface area contributed by atoms with E-state index in [4.69, 9.17) is 4.74 Å². The second-order valence-corrected chi connectivity index (χ2v) is 13.5. The third-order valence-corrected chi connectivity index (χ3v) is 10.4. The van der Waals surface area contributed by atoms with Crippen molar-refractivity contribution in [1.82, 2.24) is 15.1 Å². The van der Waals surface area contributed by atoms with E-state index in [1.165, 1.54) is 12.0 Å². The Hall–Kier alpha value is -2.71. The first-order valence-corrected chi connectivity index (χ1v) is 16.1. The van der Waals surface area contributed by atoms with E-state index in [-0.39, 0.29) is 23.8 Å². The summed E-state index contributed by atoms with van der Waals surface area (Å²) in [4.78, 5) is 46.1. The van der Waals surface area contributed by atoms with Crippen LogP contribution in [-0.4, -0.2) is 78.0 Å². The minimum Gasteiger partial charge on any atom is -0.359 e. The van der Waals surface area contributed by atoms with Crippen molar-refractivity contribution in [1.29, 1.82) is 0 Å². The lowest BCUT2D eigenvalue weighted by molar-refractivity contribution is -0.141. The summed E-state index contributed by atoms with van der Waals surface area (Å²) in [6.07, 6.45) is 8.62. The van der Waals surface area contributed by atoms with Crippen LogP contribution in [0.1, 0.15) is 78.2 Å². The Morgan fingerprint density at radius 1 is 1.12 bits per heavy atom. The van der Waals surface area contributed by atoms with Crippen LogP contribution in [0, 0.1) is 23.7 Å². The van der Waals surface area contributed by atoms with E-state index >= 15 is 0 Å². The van der Waals surface area contributed by atoms with Gasteiger partial charge in [0, 0.05) is 24.8 Å². The number of fused-ring (bicyclic) bond motifs is 1. The van der Waals surface area contributed by atoms with Crippen LogP contribution in [0.5, 0.6) is 0 Å². The summed E-state index contributed by atoms with van der Waals surface area (Å²) < 4.78 is 6.54. The summed E-state index contributed by atoms with van der Waals surface area (Å²) >= 11 is 0. The number of nitrogens with one attached hydrogen (secondary N) is 2. The SMILES string of the molecule is CCCCN(C)CCN1C(=O)[C@H]2[C@H](C(=O)Nc3ccc(C(C)C)cc3)[C@H]3C=C[C@@]2(O3)[C@@H]1C(=O)N[C@@H]1CCC[C@@H](C)[C@@H]1C. The van der Waals surface area contributed by atoms with E-state index in [1.807, 2.05) is 36.4 Å². The summed E-state index contributed by atoms with van der Waals surface area (Å²) in [5.74, 6) is -0.707. The van der Waals surface area contributed by atoms with E-state index in [9.17, 15) is 14.4 Å². The predicted molar refractivity (Wildman–Crippen MR) is 165 cm³/mol. The quantitative estimate of drug-likeness (QED) is 0.376. The lowest BCUT2D eigenvalue weighted by Gasteiger charge is -2.38. The van der Waals surface area contributed by atoms with E-state index in [0.717, 1.165) is 32.2 Å². The molecular weight excluding hydrogens is 528 g/mol. The molecule has 1 spiro atoms. The average Bonchev–Trinajstić information content (AvgIpc) is 3.60. The molecule has 3 heterocycles. The Labute approximate surface area is 251 Å². The van der Waals surface area contributed by atoms with Crippen molar-refractivity contribution >= 4 is 23.4 Å². The molecule has 4 aliphatic rings. The fraction of sp³-hybridized carbons (Fsp3) is 0.676. The van der Waals surface area contributed by atoms with E-state index in [1.54, 1.807) is 4.90 Å². The summed E-state index contributed by atoms with van der Waals surface area (Å²) in [5, 5.41) is 6.38. The van der Waals surface area contributed by atoms with Crippen molar-refractivity contribution in [2.45, 2.75) is 96.4 Å². The van der Waals surface area contributed by atoms with Crippen molar-refractivity contribution in [2.24, 2.45) is 23.7 Å². The molecule has 1 aliphatic carbocycles. The van der Waals surface area contributed by atoms with Gasteiger partial charge < -0.3 is 25.2 Å². The van der Waals surface area contributed by atoms with Gasteiger partial charge in [-0.3, -0.25) is 14.4 Å². The minimum atomic E-state index is -1.14. The van der Waals surface area contributed by atoms with Gasteiger partial charge in [0.15, 0.2) is 0 Å². The van der Waals surface area contributed by atoms with Gasteiger partial charge in [0.1, 0.15) is 11.6 Å². The number of hydrogen-bond acceptors (Lipinski definition) is 5. The molecule has 3 amide bonds. The molecule has 1 aromatic carbocycles. The number of benzene rings is 1. The normalized spacial score (nSPS) is 33.5. The first kappa shape index (κ1) is 30.7. The topological polar surface area (TPSA) is 91.0 Å². The highest BCUT2D eigenvalue weighted by Gasteiger charge is 2.72. The van der Waals surface area contributed by atoms with Crippen LogP contribution in [0.15, 0.2) is 36.4 Å². The maximum atomic E-state index is 14.2. The van der Waals surface area contributed by atoms with E-state index < -0.39 is 29.6 Å². The van der Waals surface area contributed by atoms with Gasteiger partial charge in [-0.25, -0.2) is 0 Å². The highest BCUT2D eigenvalue weighted by atomic mass is 16.5. The van der Waals surface area contributed by atoms with Crippen molar-refractivity contribution in [3.05, 3.63) is 42.0 Å². The molecule has 5 rings (SSSR count). The molecule has 0 unspecified atom stereocenters. The van der Waals surface area contributed by atoms with Crippen LogP contribution in [0.2, 0.25) is 0 Å². The van der Waals surface area contributed by atoms with Crippen LogP contribution in [-0.2, 0) is 19.1 Å². The number of rotatable bonds is 11. The summed E-state index contributed by atoms with van der Waals surface area (Å²) in [6.45, 7) is 12.9. The highest BCUT2D eigenvalue weighted by molar-refractivity contribution is 6.02. The lowest BCUT2D eigenvalue weighted by Crippen LogP contribution is -2.58. The number of nitrogens with zero attached hydrogens (tertiary/aromatic N) is 2. The maximum absolute atomic E-state index is 14.2. The molecule has 2 saturated heterocycles. The van der Waals surface area contributed by atoms with Crippen LogP contribution in [0.25, 0.3) is 0 Å². The summed E-state index contributed by atoms with van der Waals surface area (Å²) in [6, 6.07) is 7.11. The number of likely N-dealkylation sites (N-methyl/N-ethyl adjacent to an activating group) is 1. The molecule has 0 aromatic heterocycles. The van der Waals surface area contributed by atoms with Crippen LogP contribution < -0.4 is 10.6 Å². The molecule has 3 aliphatic heterocycles. The van der Waals surface area contributed by atoms with Gasteiger partial charge in [0.05, 0.1) is 17.9 Å². The van der Waals surface area contributed by atoms with Crippen molar-refractivity contribution in [3.63, 3.8) is 0 Å². The molecule has 2 N–H and O–H groups in total. The molecule has 1 saturated carbocycles. The van der Waals surface area contributed by atoms with Crippen molar-refractivity contribution < 1.29 is 19.1 Å². The molecular formula is C34H50N4O4. The number of carbonyl (C=O) groups excluding carboxylic acids is 3. The molecule has 230 valence electrons. The van der Waals surface area contributed by atoms with E-state index in [0.29, 0.717) is 36.5 Å². The van der Waals surface area contributed by atoms with Crippen molar-refractivity contribution in [2.75, 3.05) is 32.0 Å². The minimum absolute atomic E-state index is 0.0661. The van der Waals surface area contributed by atoms with Gasteiger partial charge in [-0.05, 0) is 61.9 Å². The van der Waals surface area contributed by atoms with Crippen molar-refractivity contribution in [3.8, 4) is 0 Å². The third kappa shape index (κ3) is 5.64. The molecule has 42 heavy (non-hydrogen) atoms. The fourth-order valence-corrected chi connectivity index (χ4v) is 7.55. The number of amides is 3. The maximum Gasteiger partial charge on any atom is 0.246 e. The molecule has 3 fully saturated rings. The number of anilines is 1. The molecule has 8 atom stereocenters. The van der Waals surface area contributed by atoms with Gasteiger partial charge in [-0.1, -0.05) is 78.2 Å².